The molecule has 0 bridgehead atoms. The highest BCUT2D eigenvalue weighted by atomic mass is 28.4. The average molecular weight is 825 g/mol. The van der Waals surface area contributed by atoms with E-state index in [1.54, 1.807) is 0 Å². The van der Waals surface area contributed by atoms with Crippen LogP contribution in [0.5, 0.6) is 0 Å². The molecule has 9 nitrogen and oxygen atoms in total. The Hall–Kier alpha value is -5.55. The highest BCUT2D eigenvalue weighted by Gasteiger charge is 2.49. The molecule has 0 radical (unpaired) electrons. The summed E-state index contributed by atoms with van der Waals surface area (Å²) < 4.78 is 5.77. The molecule has 0 heterocycles. The summed E-state index contributed by atoms with van der Waals surface area (Å²) in [5.74, 6) is -1.15. The number of amides is 3. The first-order chi connectivity index (χ1) is 28.9. The predicted molar refractivity (Wildman–Crippen MR) is 244 cm³/mol. The van der Waals surface area contributed by atoms with E-state index in [0.717, 1.165) is 64.0 Å². The maximum absolute atomic E-state index is 13.8. The van der Waals surface area contributed by atoms with Gasteiger partial charge >= 0.3 is 6.09 Å². The van der Waals surface area contributed by atoms with Crippen molar-refractivity contribution in [1.29, 1.82) is 0 Å². The molecule has 0 fully saturated rings. The molecule has 5 N–H and O–H groups in total. The number of rotatable bonds is 19. The Labute approximate surface area is 356 Å². The fourth-order valence-corrected chi connectivity index (χ4v) is 12.1. The molecule has 5 aromatic carbocycles. The number of hydrogen-bond acceptors (Lipinski definition) is 6. The predicted octanol–water partition coefficient (Wildman–Crippen LogP) is 7.53. The fourth-order valence-electron chi connectivity index (χ4n) is 8.41. The van der Waals surface area contributed by atoms with Gasteiger partial charge in [-0.25, -0.2) is 4.79 Å². The van der Waals surface area contributed by atoms with Crippen LogP contribution in [0.4, 0.5) is 10.5 Å². The first kappa shape index (κ1) is 44.0. The monoisotopic (exact) mass is 824 g/mol. The lowest BCUT2D eigenvalue weighted by molar-refractivity contribution is -0.128. The molecule has 0 aliphatic heterocycles. The molecule has 10 heteroatoms. The van der Waals surface area contributed by atoms with Crippen molar-refractivity contribution in [3.63, 3.8) is 0 Å². The van der Waals surface area contributed by atoms with E-state index >= 15 is 0 Å². The molecule has 1 aliphatic rings. The van der Waals surface area contributed by atoms with E-state index in [1.165, 1.54) is 0 Å². The number of carbonyl (C=O) groups is 3. The summed E-state index contributed by atoms with van der Waals surface area (Å²) in [6.45, 7) is 8.95. The number of benzene rings is 5. The zero-order chi connectivity index (χ0) is 42.7. The van der Waals surface area contributed by atoms with Gasteiger partial charge in [-0.2, -0.15) is 0 Å². The minimum atomic E-state index is -3.14. The third-order valence-electron chi connectivity index (χ3n) is 12.0. The summed E-state index contributed by atoms with van der Waals surface area (Å²) in [4.78, 5) is 53.5. The maximum atomic E-state index is 13.8. The van der Waals surface area contributed by atoms with Crippen molar-refractivity contribution in [2.24, 2.45) is 5.92 Å². The summed E-state index contributed by atoms with van der Waals surface area (Å²) in [6.07, 6.45) is 2.79. The summed E-state index contributed by atoms with van der Waals surface area (Å²) >= 11 is 0. The molecule has 0 saturated heterocycles. The number of ether oxygens (including phenoxy) is 1. The van der Waals surface area contributed by atoms with E-state index < -0.39 is 37.4 Å². The van der Waals surface area contributed by atoms with Gasteiger partial charge in [-0.3, -0.25) is 9.59 Å². The third-order valence-corrected chi connectivity index (χ3v) is 16.5. The van der Waals surface area contributed by atoms with Crippen molar-refractivity contribution in [3.05, 3.63) is 150 Å². The molecule has 3 amide bonds. The molecule has 314 valence electrons. The van der Waals surface area contributed by atoms with Crippen LogP contribution in [-0.2, 0) is 20.7 Å². The standard InChI is InChI=1S/C50H60N4O5Si/c1-35(2)46(54-49(57)59-34-44-42-24-14-12-22-40(42)41-23-13-15-25-43(41)44)48(56)53-45(26-16-17-33-51-5)47(55)52-37-29-27-36(28-30-37)31-32-50(3,4)60(58,38-18-8-6-9-19-38)39-20-10-7-11-21-39/h6-15,18-25,27-30,35,44-46,51,58H,16-17,26,31-34H2,1-5H3,(H,52,55)(H,53,56)(H,54,57)/t45-,46-/m0/s1. The minimum absolute atomic E-state index is 0.109. The van der Waals surface area contributed by atoms with Crippen molar-refractivity contribution >= 4 is 42.3 Å². The van der Waals surface area contributed by atoms with Gasteiger partial charge in [0.25, 0.3) is 8.32 Å². The third kappa shape index (κ3) is 10.2. The summed E-state index contributed by atoms with van der Waals surface area (Å²) in [5.41, 5.74) is 6.19. The number of hydrogen-bond donors (Lipinski definition) is 5. The van der Waals surface area contributed by atoms with Crippen LogP contribution in [-0.4, -0.2) is 63.3 Å². The van der Waals surface area contributed by atoms with Gasteiger partial charge < -0.3 is 30.8 Å². The highest BCUT2D eigenvalue weighted by Crippen LogP contribution is 2.44. The summed E-state index contributed by atoms with van der Waals surface area (Å²) in [6, 6.07) is 42.4. The largest absolute Gasteiger partial charge is 0.449 e. The van der Waals surface area contributed by atoms with Gasteiger partial charge in [0.1, 0.15) is 18.7 Å². The molecule has 0 spiro atoms. The van der Waals surface area contributed by atoms with E-state index in [2.05, 4.69) is 59.4 Å². The van der Waals surface area contributed by atoms with Crippen LogP contribution >= 0.6 is 0 Å². The van der Waals surface area contributed by atoms with Gasteiger partial charge in [0.05, 0.1) is 0 Å². The maximum Gasteiger partial charge on any atom is 0.407 e. The first-order valence-electron chi connectivity index (χ1n) is 21.2. The lowest BCUT2D eigenvalue weighted by Gasteiger charge is -2.41. The zero-order valence-corrected chi connectivity index (χ0v) is 36.5. The molecule has 1 aliphatic carbocycles. The van der Waals surface area contributed by atoms with Crippen molar-refractivity contribution in [2.75, 3.05) is 25.5 Å². The van der Waals surface area contributed by atoms with Crippen LogP contribution in [0, 0.1) is 5.92 Å². The number of fused-ring (bicyclic) bond motifs is 3. The lowest BCUT2D eigenvalue weighted by atomic mass is 9.98. The smallest absolute Gasteiger partial charge is 0.407 e. The molecule has 0 aromatic heterocycles. The minimum Gasteiger partial charge on any atom is -0.449 e. The SMILES string of the molecule is CNCCCC[C@H](NC(=O)[C@@H](NC(=O)OCC1c2ccccc2-c2ccccc21)C(C)C)C(=O)Nc1ccc(CCC(C)(C)[Si](O)(c2ccccc2)c2ccccc2)cc1. The second kappa shape index (κ2) is 20.1. The number of nitrogens with one attached hydrogen (secondary N) is 4. The Balaban J connectivity index is 1.07. The molecule has 0 saturated carbocycles. The van der Waals surface area contributed by atoms with Gasteiger partial charge in [0.2, 0.25) is 11.8 Å². The van der Waals surface area contributed by atoms with Crippen molar-refractivity contribution in [3.8, 4) is 11.1 Å². The molecular formula is C50H60N4O5Si. The average Bonchev–Trinajstić information content (AvgIpc) is 3.59. The van der Waals surface area contributed by atoms with Gasteiger partial charge in [0.15, 0.2) is 0 Å². The Bertz CT molecular complexity index is 2110. The number of aryl methyl sites for hydroxylation is 1. The molecule has 0 unspecified atom stereocenters. The van der Waals surface area contributed by atoms with E-state index in [-0.39, 0.29) is 24.3 Å². The van der Waals surface area contributed by atoms with E-state index in [1.807, 2.05) is 130 Å². The van der Waals surface area contributed by atoms with Crippen molar-refractivity contribution in [2.45, 2.75) is 82.8 Å². The van der Waals surface area contributed by atoms with Gasteiger partial charge in [-0.15, -0.1) is 0 Å². The number of alkyl carbamates (subject to hydrolysis) is 1. The van der Waals surface area contributed by atoms with Crippen LogP contribution in [0.25, 0.3) is 11.1 Å². The Kier molecular flexibility index (Phi) is 14.8. The van der Waals surface area contributed by atoms with Crippen molar-refractivity contribution in [1.82, 2.24) is 16.0 Å². The van der Waals surface area contributed by atoms with Crippen molar-refractivity contribution < 1.29 is 23.9 Å². The fraction of sp³-hybridized carbons (Fsp3) is 0.340. The summed E-state index contributed by atoms with van der Waals surface area (Å²) in [7, 11) is -1.26. The quantitative estimate of drug-likeness (QED) is 0.0433. The second-order valence-electron chi connectivity index (χ2n) is 16.9. The van der Waals surface area contributed by atoms with Crippen LogP contribution in [0.1, 0.15) is 76.0 Å². The van der Waals surface area contributed by atoms with Crippen LogP contribution in [0.3, 0.4) is 0 Å². The lowest BCUT2D eigenvalue weighted by Crippen LogP contribution is -2.65. The van der Waals surface area contributed by atoms with E-state index in [9.17, 15) is 19.2 Å². The number of carbonyl (C=O) groups excluding carboxylic acids is 3. The van der Waals surface area contributed by atoms with E-state index in [4.69, 9.17) is 4.74 Å². The van der Waals surface area contributed by atoms with Crippen LogP contribution in [0.15, 0.2) is 133 Å². The van der Waals surface area contributed by atoms with Crippen LogP contribution < -0.4 is 31.6 Å². The Morgan fingerprint density at radius 3 is 1.82 bits per heavy atom. The normalized spacial score (nSPS) is 13.5. The first-order valence-corrected chi connectivity index (χ1v) is 23.2. The number of unbranched alkanes of at least 4 members (excludes halogenated alkanes) is 1. The van der Waals surface area contributed by atoms with Gasteiger partial charge in [-0.1, -0.05) is 149 Å². The number of anilines is 1. The molecular weight excluding hydrogens is 765 g/mol. The molecule has 5 aromatic rings. The highest BCUT2D eigenvalue weighted by molar-refractivity contribution is 6.98. The van der Waals surface area contributed by atoms with Gasteiger partial charge in [-0.05, 0) is 107 Å². The van der Waals surface area contributed by atoms with Crippen LogP contribution in [0.2, 0.25) is 5.04 Å². The molecule has 2 atom stereocenters. The summed E-state index contributed by atoms with van der Waals surface area (Å²) in [5, 5.41) is 13.5. The van der Waals surface area contributed by atoms with Gasteiger partial charge in [0, 0.05) is 11.6 Å². The molecule has 6 rings (SSSR count). The Morgan fingerprint density at radius 1 is 0.717 bits per heavy atom. The zero-order valence-electron chi connectivity index (χ0n) is 35.5. The Morgan fingerprint density at radius 2 is 1.27 bits per heavy atom. The second-order valence-corrected chi connectivity index (χ2v) is 20.8. The molecule has 60 heavy (non-hydrogen) atoms. The van der Waals surface area contributed by atoms with E-state index in [0.29, 0.717) is 18.5 Å². The topological polar surface area (TPSA) is 129 Å².